The van der Waals surface area contributed by atoms with Gasteiger partial charge >= 0.3 is 0 Å². The molecule has 1 atom stereocenters. The van der Waals surface area contributed by atoms with E-state index in [1.807, 2.05) is 6.07 Å². The molecular weight excluding hydrogens is 174 g/mol. The predicted octanol–water partition coefficient (Wildman–Crippen LogP) is 3.19. The van der Waals surface area contributed by atoms with E-state index in [1.54, 1.807) is 6.26 Å². The highest BCUT2D eigenvalue weighted by molar-refractivity contribution is 6.17. The van der Waals surface area contributed by atoms with Gasteiger partial charge in [0.25, 0.3) is 0 Å². The van der Waals surface area contributed by atoms with Crippen molar-refractivity contribution in [1.82, 2.24) is 5.16 Å². The van der Waals surface area contributed by atoms with Crippen LogP contribution in [-0.2, 0) is 0 Å². The van der Waals surface area contributed by atoms with Gasteiger partial charge in [-0.25, -0.2) is 0 Å². The van der Waals surface area contributed by atoms with Gasteiger partial charge in [-0.05, 0) is 19.3 Å². The number of hydrogen-bond donors (Lipinski definition) is 0. The Morgan fingerprint density at radius 2 is 2.50 bits per heavy atom. The van der Waals surface area contributed by atoms with E-state index in [0.717, 1.165) is 30.8 Å². The Morgan fingerprint density at radius 1 is 1.67 bits per heavy atom. The van der Waals surface area contributed by atoms with E-state index in [9.17, 15) is 0 Å². The van der Waals surface area contributed by atoms with Gasteiger partial charge in [-0.15, -0.1) is 11.6 Å². The number of aromatic nitrogens is 1. The second kappa shape index (κ2) is 5.20. The van der Waals surface area contributed by atoms with Gasteiger partial charge in [-0.2, -0.15) is 0 Å². The third-order valence-corrected chi connectivity index (χ3v) is 2.32. The average molecular weight is 188 g/mol. The van der Waals surface area contributed by atoms with Crippen LogP contribution in [0.2, 0.25) is 0 Å². The molecule has 0 amide bonds. The summed E-state index contributed by atoms with van der Waals surface area (Å²) >= 11 is 5.62. The highest BCUT2D eigenvalue weighted by Gasteiger charge is 2.11. The largest absolute Gasteiger partial charge is 0.365 e. The zero-order valence-corrected chi connectivity index (χ0v) is 8.05. The van der Waals surface area contributed by atoms with Crippen LogP contribution in [0.5, 0.6) is 0 Å². The molecule has 0 saturated heterocycles. The molecule has 0 N–H and O–H groups in total. The van der Waals surface area contributed by atoms with E-state index in [4.69, 9.17) is 16.1 Å². The highest BCUT2D eigenvalue weighted by atomic mass is 35.5. The van der Waals surface area contributed by atoms with Gasteiger partial charge in [-0.3, -0.25) is 0 Å². The first-order valence-electron chi connectivity index (χ1n) is 4.34. The lowest BCUT2D eigenvalue weighted by molar-refractivity contribution is 0.400. The Bertz CT molecular complexity index is 198. The van der Waals surface area contributed by atoms with Gasteiger partial charge in [-0.1, -0.05) is 12.1 Å². The van der Waals surface area contributed by atoms with E-state index < -0.39 is 0 Å². The maximum Gasteiger partial charge on any atom is 0.124 e. The average Bonchev–Trinajstić information content (AvgIpc) is 2.59. The van der Waals surface area contributed by atoms with Crippen molar-refractivity contribution in [2.45, 2.75) is 32.1 Å². The smallest absolute Gasteiger partial charge is 0.124 e. The fraction of sp³-hybridized carbons (Fsp3) is 0.667. The fourth-order valence-corrected chi connectivity index (χ4v) is 1.47. The minimum atomic E-state index is 0.516. The molecule has 0 aliphatic heterocycles. The molecule has 1 unspecified atom stereocenters. The van der Waals surface area contributed by atoms with Crippen molar-refractivity contribution in [2.24, 2.45) is 0 Å². The van der Waals surface area contributed by atoms with Gasteiger partial charge in [0.05, 0.1) is 5.69 Å². The monoisotopic (exact) mass is 187 g/mol. The standard InChI is InChI=1S/C9H14ClNO/c1-2-8(4-3-6-10)9-5-7-12-11-9/h5,7-8H,2-4,6H2,1H3. The van der Waals surface area contributed by atoms with Gasteiger partial charge in [0.1, 0.15) is 6.26 Å². The summed E-state index contributed by atoms with van der Waals surface area (Å²) in [6.07, 6.45) is 4.88. The molecule has 68 valence electrons. The Hall–Kier alpha value is -0.500. The highest BCUT2D eigenvalue weighted by Crippen LogP contribution is 2.22. The van der Waals surface area contributed by atoms with E-state index in [-0.39, 0.29) is 0 Å². The minimum absolute atomic E-state index is 0.516. The zero-order valence-electron chi connectivity index (χ0n) is 7.29. The Kier molecular flexibility index (Phi) is 4.15. The third kappa shape index (κ3) is 2.52. The second-order valence-corrected chi connectivity index (χ2v) is 3.24. The zero-order chi connectivity index (χ0) is 8.81. The third-order valence-electron chi connectivity index (χ3n) is 2.06. The summed E-state index contributed by atoms with van der Waals surface area (Å²) in [6.45, 7) is 2.16. The molecule has 0 saturated carbocycles. The topological polar surface area (TPSA) is 26.0 Å². The van der Waals surface area contributed by atoms with Crippen molar-refractivity contribution in [3.05, 3.63) is 18.0 Å². The number of rotatable bonds is 5. The Morgan fingerprint density at radius 3 is 3.00 bits per heavy atom. The Labute approximate surface area is 77.9 Å². The number of nitrogens with zero attached hydrogens (tertiary/aromatic N) is 1. The van der Waals surface area contributed by atoms with Crippen molar-refractivity contribution in [2.75, 3.05) is 5.88 Å². The molecule has 1 rings (SSSR count). The van der Waals surface area contributed by atoms with Crippen LogP contribution >= 0.6 is 11.6 Å². The van der Waals surface area contributed by atoms with E-state index in [2.05, 4.69) is 12.1 Å². The van der Waals surface area contributed by atoms with Crippen molar-refractivity contribution in [3.63, 3.8) is 0 Å². The molecule has 1 aromatic rings. The summed E-state index contributed by atoms with van der Waals surface area (Å²) in [6, 6.07) is 1.93. The van der Waals surface area contributed by atoms with Crippen LogP contribution in [0.4, 0.5) is 0 Å². The summed E-state index contributed by atoms with van der Waals surface area (Å²) in [4.78, 5) is 0. The summed E-state index contributed by atoms with van der Waals surface area (Å²) in [5.41, 5.74) is 1.06. The van der Waals surface area contributed by atoms with Crippen LogP contribution in [0.3, 0.4) is 0 Å². The predicted molar refractivity (Wildman–Crippen MR) is 49.5 cm³/mol. The molecule has 0 fully saturated rings. The van der Waals surface area contributed by atoms with Crippen molar-refractivity contribution in [1.29, 1.82) is 0 Å². The second-order valence-electron chi connectivity index (χ2n) is 2.86. The first-order chi connectivity index (χ1) is 5.88. The molecule has 1 heterocycles. The van der Waals surface area contributed by atoms with Gasteiger partial charge in [0, 0.05) is 17.9 Å². The van der Waals surface area contributed by atoms with Gasteiger partial charge < -0.3 is 4.52 Å². The Balaban J connectivity index is 2.45. The molecule has 0 radical (unpaired) electrons. The molecule has 0 aromatic carbocycles. The van der Waals surface area contributed by atoms with Crippen molar-refractivity contribution >= 4 is 11.6 Å². The summed E-state index contributed by atoms with van der Waals surface area (Å²) in [5, 5.41) is 3.92. The lowest BCUT2D eigenvalue weighted by Crippen LogP contribution is -1.97. The molecule has 1 aromatic heterocycles. The number of hydrogen-bond acceptors (Lipinski definition) is 2. The quantitative estimate of drug-likeness (QED) is 0.662. The first-order valence-corrected chi connectivity index (χ1v) is 4.88. The van der Waals surface area contributed by atoms with Crippen LogP contribution in [0.1, 0.15) is 37.8 Å². The maximum atomic E-state index is 5.62. The van der Waals surface area contributed by atoms with Crippen LogP contribution in [0.25, 0.3) is 0 Å². The fourth-order valence-electron chi connectivity index (χ4n) is 1.32. The summed E-state index contributed by atoms with van der Waals surface area (Å²) in [7, 11) is 0. The molecule has 0 spiro atoms. The van der Waals surface area contributed by atoms with Crippen molar-refractivity contribution < 1.29 is 4.52 Å². The van der Waals surface area contributed by atoms with E-state index >= 15 is 0 Å². The molecule has 2 nitrogen and oxygen atoms in total. The molecule has 12 heavy (non-hydrogen) atoms. The number of alkyl halides is 1. The first kappa shape index (κ1) is 9.59. The minimum Gasteiger partial charge on any atom is -0.365 e. The summed E-state index contributed by atoms with van der Waals surface area (Å²) < 4.78 is 4.79. The van der Waals surface area contributed by atoms with Gasteiger partial charge in [0.2, 0.25) is 0 Å². The molecular formula is C9H14ClNO. The molecule has 3 heteroatoms. The molecule has 0 bridgehead atoms. The lowest BCUT2D eigenvalue weighted by atomic mass is 9.97. The van der Waals surface area contributed by atoms with Crippen molar-refractivity contribution in [3.8, 4) is 0 Å². The van der Waals surface area contributed by atoms with Crippen LogP contribution in [0.15, 0.2) is 16.9 Å². The number of halogens is 1. The normalized spacial score (nSPS) is 13.2. The van der Waals surface area contributed by atoms with Crippen LogP contribution in [0, 0.1) is 0 Å². The molecule has 0 aliphatic carbocycles. The SMILES string of the molecule is CCC(CCCCl)c1ccon1. The van der Waals surface area contributed by atoms with E-state index in [1.165, 1.54) is 0 Å². The van der Waals surface area contributed by atoms with Crippen LogP contribution in [-0.4, -0.2) is 11.0 Å². The lowest BCUT2D eigenvalue weighted by Gasteiger charge is -2.09. The van der Waals surface area contributed by atoms with Gasteiger partial charge in [0.15, 0.2) is 0 Å². The van der Waals surface area contributed by atoms with E-state index in [0.29, 0.717) is 5.92 Å². The molecule has 0 aliphatic rings. The maximum absolute atomic E-state index is 5.62. The van der Waals surface area contributed by atoms with Crippen LogP contribution < -0.4 is 0 Å². The summed E-state index contributed by atoms with van der Waals surface area (Å²) in [5.74, 6) is 1.25.